The molecule has 0 saturated heterocycles. The van der Waals surface area contributed by atoms with E-state index in [9.17, 15) is 0 Å². The molecular formula is C15H20N2OS. The van der Waals surface area contributed by atoms with Crippen LogP contribution in [0.4, 0.5) is 0 Å². The lowest BCUT2D eigenvalue weighted by Gasteiger charge is -2.14. The highest BCUT2D eigenvalue weighted by Crippen LogP contribution is 2.19. The van der Waals surface area contributed by atoms with Crippen LogP contribution < -0.4 is 10.1 Å². The number of nitrogens with one attached hydrogen (secondary N) is 1. The maximum Gasteiger partial charge on any atom is 0.124 e. The summed E-state index contributed by atoms with van der Waals surface area (Å²) in [5, 5.41) is 5.53. The van der Waals surface area contributed by atoms with Crippen molar-refractivity contribution in [2.45, 2.75) is 32.9 Å². The van der Waals surface area contributed by atoms with Crippen LogP contribution in [0.1, 0.15) is 25.1 Å². The summed E-state index contributed by atoms with van der Waals surface area (Å²) in [4.78, 5) is 4.27. The number of hydrogen-bond donors (Lipinski definition) is 1. The maximum atomic E-state index is 5.80. The van der Waals surface area contributed by atoms with Gasteiger partial charge < -0.3 is 10.1 Å². The Morgan fingerprint density at radius 1 is 1.32 bits per heavy atom. The Hall–Kier alpha value is -1.39. The van der Waals surface area contributed by atoms with Crippen LogP contribution in [-0.2, 0) is 13.0 Å². The number of nitrogens with zero attached hydrogens (tertiary/aromatic N) is 1. The molecule has 1 N–H and O–H groups in total. The molecule has 3 nitrogen and oxygen atoms in total. The van der Waals surface area contributed by atoms with Crippen molar-refractivity contribution >= 4 is 11.3 Å². The zero-order valence-electron chi connectivity index (χ0n) is 11.4. The van der Waals surface area contributed by atoms with E-state index in [1.54, 1.807) is 11.3 Å². The van der Waals surface area contributed by atoms with Crippen molar-refractivity contribution in [1.82, 2.24) is 10.3 Å². The highest BCUT2D eigenvalue weighted by atomic mass is 32.1. The predicted molar refractivity (Wildman–Crippen MR) is 79.7 cm³/mol. The quantitative estimate of drug-likeness (QED) is 0.788. The van der Waals surface area contributed by atoms with E-state index in [0.717, 1.165) is 31.0 Å². The molecule has 0 bridgehead atoms. The van der Waals surface area contributed by atoms with E-state index in [2.05, 4.69) is 21.7 Å². The van der Waals surface area contributed by atoms with Crippen molar-refractivity contribution in [2.75, 3.05) is 6.54 Å². The molecule has 1 heterocycles. The zero-order chi connectivity index (χ0) is 13.5. The van der Waals surface area contributed by atoms with E-state index in [0.29, 0.717) is 0 Å². The van der Waals surface area contributed by atoms with Gasteiger partial charge in [0.25, 0.3) is 0 Å². The summed E-state index contributed by atoms with van der Waals surface area (Å²) in [6, 6.07) is 8.19. The first-order valence-corrected chi connectivity index (χ1v) is 7.52. The Morgan fingerprint density at radius 3 is 2.89 bits per heavy atom. The number of rotatable bonds is 7. The van der Waals surface area contributed by atoms with Gasteiger partial charge in [-0.15, -0.1) is 11.3 Å². The highest BCUT2D eigenvalue weighted by Gasteiger charge is 2.04. The van der Waals surface area contributed by atoms with E-state index < -0.39 is 0 Å². The van der Waals surface area contributed by atoms with Crippen molar-refractivity contribution in [3.63, 3.8) is 0 Å². The second kappa shape index (κ2) is 7.26. The van der Waals surface area contributed by atoms with Gasteiger partial charge in [-0.1, -0.05) is 18.2 Å². The second-order valence-corrected chi connectivity index (χ2v) is 5.40. The summed E-state index contributed by atoms with van der Waals surface area (Å²) in [5.74, 6) is 0.971. The molecule has 1 aromatic carbocycles. The van der Waals surface area contributed by atoms with Gasteiger partial charge in [-0.3, -0.25) is 0 Å². The second-order valence-electron chi connectivity index (χ2n) is 4.68. The predicted octanol–water partition coefficient (Wildman–Crippen LogP) is 3.26. The van der Waals surface area contributed by atoms with Gasteiger partial charge in [-0.2, -0.15) is 0 Å². The molecule has 0 radical (unpaired) electrons. The molecule has 0 unspecified atom stereocenters. The van der Waals surface area contributed by atoms with Gasteiger partial charge in [-0.25, -0.2) is 4.98 Å². The molecule has 0 aliphatic heterocycles. The third-order valence-corrected chi connectivity index (χ3v) is 3.33. The van der Waals surface area contributed by atoms with Crippen molar-refractivity contribution in [1.29, 1.82) is 0 Å². The summed E-state index contributed by atoms with van der Waals surface area (Å²) in [7, 11) is 0. The molecule has 0 aliphatic carbocycles. The lowest BCUT2D eigenvalue weighted by molar-refractivity contribution is 0.239. The summed E-state index contributed by atoms with van der Waals surface area (Å²) in [6.07, 6.45) is 1.17. The Kier molecular flexibility index (Phi) is 5.36. The fourth-order valence-electron chi connectivity index (χ4n) is 1.82. The number of para-hydroxylation sites is 1. The molecule has 0 saturated carbocycles. The standard InChI is InChI=1S/C15H20N2OS/c1-12(2)18-15-6-4-3-5-13(15)9-16-8-7-14-10-19-11-17-14/h3-6,10-12,16H,7-9H2,1-2H3. The minimum atomic E-state index is 0.205. The van der Waals surface area contributed by atoms with E-state index in [1.807, 2.05) is 37.6 Å². The number of hydrogen-bond acceptors (Lipinski definition) is 4. The molecule has 0 aliphatic rings. The van der Waals surface area contributed by atoms with Crippen molar-refractivity contribution in [3.05, 3.63) is 46.4 Å². The first-order valence-electron chi connectivity index (χ1n) is 6.58. The third kappa shape index (κ3) is 4.65. The van der Waals surface area contributed by atoms with Crippen LogP contribution in [0.3, 0.4) is 0 Å². The fraction of sp³-hybridized carbons (Fsp3) is 0.400. The monoisotopic (exact) mass is 276 g/mol. The summed E-state index contributed by atoms with van der Waals surface area (Å²) in [5.41, 5.74) is 4.24. The maximum absolute atomic E-state index is 5.80. The Labute approximate surface area is 118 Å². The molecule has 0 fully saturated rings. The molecular weight excluding hydrogens is 256 g/mol. The Bertz CT molecular complexity index is 483. The summed E-state index contributed by atoms with van der Waals surface area (Å²) < 4.78 is 5.80. The molecule has 0 amide bonds. The van der Waals surface area contributed by atoms with Crippen LogP contribution in [0.2, 0.25) is 0 Å². The average Bonchev–Trinajstić information content (AvgIpc) is 2.89. The van der Waals surface area contributed by atoms with Crippen LogP contribution in [0.25, 0.3) is 0 Å². The topological polar surface area (TPSA) is 34.1 Å². The normalized spacial score (nSPS) is 10.9. The molecule has 19 heavy (non-hydrogen) atoms. The molecule has 2 rings (SSSR count). The van der Waals surface area contributed by atoms with Gasteiger partial charge in [0.05, 0.1) is 17.3 Å². The lowest BCUT2D eigenvalue weighted by Crippen LogP contribution is -2.18. The van der Waals surface area contributed by atoms with Gasteiger partial charge >= 0.3 is 0 Å². The fourth-order valence-corrected chi connectivity index (χ4v) is 2.41. The highest BCUT2D eigenvalue weighted by molar-refractivity contribution is 7.07. The van der Waals surface area contributed by atoms with Gasteiger partial charge in [-0.05, 0) is 19.9 Å². The van der Waals surface area contributed by atoms with E-state index in [4.69, 9.17) is 4.74 Å². The van der Waals surface area contributed by atoms with Crippen molar-refractivity contribution < 1.29 is 4.74 Å². The van der Waals surface area contributed by atoms with Crippen molar-refractivity contribution in [3.8, 4) is 5.75 Å². The third-order valence-electron chi connectivity index (χ3n) is 2.69. The van der Waals surface area contributed by atoms with Crippen LogP contribution in [0, 0.1) is 0 Å². The minimum absolute atomic E-state index is 0.205. The van der Waals surface area contributed by atoms with E-state index in [-0.39, 0.29) is 6.10 Å². The number of ether oxygens (including phenoxy) is 1. The van der Waals surface area contributed by atoms with Gasteiger partial charge in [0.1, 0.15) is 5.75 Å². The molecule has 1 aromatic heterocycles. The number of aromatic nitrogens is 1. The first-order chi connectivity index (χ1) is 9.25. The summed E-state index contributed by atoms with van der Waals surface area (Å²) >= 11 is 1.64. The number of benzene rings is 1. The van der Waals surface area contributed by atoms with Crippen molar-refractivity contribution in [2.24, 2.45) is 0 Å². The molecule has 0 atom stereocenters. The average molecular weight is 276 g/mol. The van der Waals surface area contributed by atoms with Crippen LogP contribution in [-0.4, -0.2) is 17.6 Å². The van der Waals surface area contributed by atoms with Crippen LogP contribution in [0.5, 0.6) is 5.75 Å². The van der Waals surface area contributed by atoms with Gasteiger partial charge in [0, 0.05) is 30.5 Å². The largest absolute Gasteiger partial charge is 0.491 e. The minimum Gasteiger partial charge on any atom is -0.491 e. The number of thiazole rings is 1. The smallest absolute Gasteiger partial charge is 0.124 e. The van der Waals surface area contributed by atoms with E-state index in [1.165, 1.54) is 5.56 Å². The van der Waals surface area contributed by atoms with Gasteiger partial charge in [0.2, 0.25) is 0 Å². The first kappa shape index (κ1) is 14.0. The van der Waals surface area contributed by atoms with Crippen LogP contribution in [0.15, 0.2) is 35.2 Å². The molecule has 4 heteroatoms. The lowest BCUT2D eigenvalue weighted by atomic mass is 10.2. The Morgan fingerprint density at radius 2 is 2.16 bits per heavy atom. The SMILES string of the molecule is CC(C)Oc1ccccc1CNCCc1cscn1. The molecule has 2 aromatic rings. The molecule has 102 valence electrons. The van der Waals surface area contributed by atoms with E-state index >= 15 is 0 Å². The summed E-state index contributed by atoms with van der Waals surface area (Å²) in [6.45, 7) is 5.85. The van der Waals surface area contributed by atoms with Gasteiger partial charge in [0.15, 0.2) is 0 Å². The van der Waals surface area contributed by atoms with Crippen LogP contribution >= 0.6 is 11.3 Å². The molecule has 0 spiro atoms. The Balaban J connectivity index is 1.82. The zero-order valence-corrected chi connectivity index (χ0v) is 12.2.